The SMILES string of the molecule is O=C(NCCOc1ccc(S(=O)(=O)N2CCOCC2)cc1)C1CCN(S(=O)(=O)Cc2cccc(Br)c2)CC1. The van der Waals surface area contributed by atoms with Crippen LogP contribution in [0.25, 0.3) is 0 Å². The second kappa shape index (κ2) is 12.9. The van der Waals surface area contributed by atoms with Crippen molar-refractivity contribution in [3.63, 3.8) is 0 Å². The lowest BCUT2D eigenvalue weighted by Gasteiger charge is -2.30. The summed E-state index contributed by atoms with van der Waals surface area (Å²) in [5.41, 5.74) is 0.715. The highest BCUT2D eigenvalue weighted by atomic mass is 79.9. The molecule has 0 spiro atoms. The van der Waals surface area contributed by atoms with Crippen LogP contribution in [0, 0.1) is 5.92 Å². The molecule has 2 aromatic rings. The van der Waals surface area contributed by atoms with E-state index in [-0.39, 0.29) is 35.6 Å². The number of hydrogen-bond donors (Lipinski definition) is 1. The third-order valence-corrected chi connectivity index (χ3v) is 10.8. The van der Waals surface area contributed by atoms with Crippen molar-refractivity contribution in [2.75, 3.05) is 52.5 Å². The summed E-state index contributed by atoms with van der Waals surface area (Å²) in [6, 6.07) is 13.4. The molecule has 208 valence electrons. The largest absolute Gasteiger partial charge is 0.492 e. The number of amides is 1. The van der Waals surface area contributed by atoms with Gasteiger partial charge in [0.1, 0.15) is 12.4 Å². The van der Waals surface area contributed by atoms with Crippen LogP contribution < -0.4 is 10.1 Å². The molecular weight excluding hydrogens is 598 g/mol. The average molecular weight is 631 g/mol. The normalized spacial score (nSPS) is 18.2. The van der Waals surface area contributed by atoms with Crippen molar-refractivity contribution in [3.05, 3.63) is 58.6 Å². The third kappa shape index (κ3) is 7.54. The molecule has 1 amide bonds. The van der Waals surface area contributed by atoms with Crippen molar-refractivity contribution >= 4 is 41.9 Å². The quantitative estimate of drug-likeness (QED) is 0.400. The first-order valence-electron chi connectivity index (χ1n) is 12.5. The average Bonchev–Trinajstić information content (AvgIpc) is 2.91. The Labute approximate surface area is 232 Å². The third-order valence-electron chi connectivity index (χ3n) is 6.56. The van der Waals surface area contributed by atoms with Gasteiger partial charge in [-0.05, 0) is 54.8 Å². The molecule has 38 heavy (non-hydrogen) atoms. The number of halogens is 1. The molecule has 2 aliphatic heterocycles. The summed E-state index contributed by atoms with van der Waals surface area (Å²) >= 11 is 3.36. The number of ether oxygens (including phenoxy) is 2. The van der Waals surface area contributed by atoms with E-state index in [1.54, 1.807) is 30.3 Å². The Hall–Kier alpha value is -2.03. The first kappa shape index (κ1) is 29.0. The van der Waals surface area contributed by atoms with Gasteiger partial charge in [-0.15, -0.1) is 0 Å². The summed E-state index contributed by atoms with van der Waals surface area (Å²) in [5, 5.41) is 2.85. The van der Waals surface area contributed by atoms with Gasteiger partial charge in [0, 0.05) is 36.6 Å². The predicted octanol–water partition coefficient (Wildman–Crippen LogP) is 2.21. The summed E-state index contributed by atoms with van der Waals surface area (Å²) in [6.45, 7) is 2.57. The summed E-state index contributed by atoms with van der Waals surface area (Å²) < 4.78 is 65.6. The van der Waals surface area contributed by atoms with Crippen LogP contribution in [0.15, 0.2) is 57.9 Å². The molecule has 0 bridgehead atoms. The van der Waals surface area contributed by atoms with Crippen LogP contribution in [0.5, 0.6) is 5.75 Å². The molecule has 1 N–H and O–H groups in total. The van der Waals surface area contributed by atoms with Crippen LogP contribution in [0.4, 0.5) is 0 Å². The smallest absolute Gasteiger partial charge is 0.243 e. The lowest BCUT2D eigenvalue weighted by molar-refractivity contribution is -0.126. The molecule has 2 heterocycles. The molecule has 13 heteroatoms. The molecule has 0 unspecified atom stereocenters. The number of piperidine rings is 1. The summed E-state index contributed by atoms with van der Waals surface area (Å²) in [5.74, 6) is 0.0616. The van der Waals surface area contributed by atoms with Crippen molar-refractivity contribution in [2.24, 2.45) is 5.92 Å². The van der Waals surface area contributed by atoms with Gasteiger partial charge in [0.25, 0.3) is 0 Å². The maximum atomic E-state index is 12.8. The van der Waals surface area contributed by atoms with E-state index in [2.05, 4.69) is 21.2 Å². The van der Waals surface area contributed by atoms with Gasteiger partial charge in [-0.3, -0.25) is 4.79 Å². The Morgan fingerprint density at radius 1 is 0.974 bits per heavy atom. The van der Waals surface area contributed by atoms with E-state index in [1.165, 1.54) is 20.7 Å². The zero-order chi connectivity index (χ0) is 27.2. The lowest BCUT2D eigenvalue weighted by atomic mass is 9.97. The van der Waals surface area contributed by atoms with Gasteiger partial charge < -0.3 is 14.8 Å². The molecule has 2 fully saturated rings. The second-order valence-electron chi connectivity index (χ2n) is 9.19. The van der Waals surface area contributed by atoms with Crippen LogP contribution >= 0.6 is 15.9 Å². The zero-order valence-electron chi connectivity index (χ0n) is 20.9. The molecular formula is C25H32BrN3O7S2. The fourth-order valence-corrected chi connectivity index (χ4v) is 7.86. The van der Waals surface area contributed by atoms with Crippen LogP contribution in [0.3, 0.4) is 0 Å². The molecule has 0 atom stereocenters. The minimum Gasteiger partial charge on any atom is -0.492 e. The van der Waals surface area contributed by atoms with Crippen molar-refractivity contribution < 1.29 is 31.1 Å². The molecule has 0 radical (unpaired) electrons. The van der Waals surface area contributed by atoms with Gasteiger partial charge in [0.05, 0.1) is 30.4 Å². The highest BCUT2D eigenvalue weighted by molar-refractivity contribution is 9.10. The number of carbonyl (C=O) groups is 1. The molecule has 2 aromatic carbocycles. The van der Waals surface area contributed by atoms with Crippen molar-refractivity contribution in [1.82, 2.24) is 13.9 Å². The zero-order valence-corrected chi connectivity index (χ0v) is 24.1. The molecule has 10 nitrogen and oxygen atoms in total. The van der Waals surface area contributed by atoms with E-state index in [1.807, 2.05) is 6.07 Å². The Morgan fingerprint density at radius 2 is 1.66 bits per heavy atom. The number of carbonyl (C=O) groups excluding carboxylic acids is 1. The van der Waals surface area contributed by atoms with Gasteiger partial charge in [-0.2, -0.15) is 4.31 Å². The van der Waals surface area contributed by atoms with E-state index in [4.69, 9.17) is 9.47 Å². The summed E-state index contributed by atoms with van der Waals surface area (Å²) in [6.07, 6.45) is 0.924. The number of nitrogens with one attached hydrogen (secondary N) is 1. The number of sulfonamides is 2. The monoisotopic (exact) mass is 629 g/mol. The minimum absolute atomic E-state index is 0.0687. The number of benzene rings is 2. The van der Waals surface area contributed by atoms with Crippen LogP contribution in [0.1, 0.15) is 18.4 Å². The van der Waals surface area contributed by atoms with Crippen LogP contribution in [0.2, 0.25) is 0 Å². The van der Waals surface area contributed by atoms with Gasteiger partial charge in [-0.1, -0.05) is 28.1 Å². The minimum atomic E-state index is -3.56. The number of nitrogens with zero attached hydrogens (tertiary/aromatic N) is 2. The van der Waals surface area contributed by atoms with Gasteiger partial charge in [0.15, 0.2) is 0 Å². The van der Waals surface area contributed by atoms with Gasteiger partial charge in [-0.25, -0.2) is 21.1 Å². The molecule has 4 rings (SSSR count). The lowest BCUT2D eigenvalue weighted by Crippen LogP contribution is -2.43. The molecule has 2 aliphatic rings. The fraction of sp³-hybridized carbons (Fsp3) is 0.480. The number of hydrogen-bond acceptors (Lipinski definition) is 7. The molecule has 2 saturated heterocycles. The Morgan fingerprint density at radius 3 is 2.32 bits per heavy atom. The first-order chi connectivity index (χ1) is 18.1. The van der Waals surface area contributed by atoms with Crippen molar-refractivity contribution in [3.8, 4) is 5.75 Å². The molecule has 0 saturated carbocycles. The van der Waals surface area contributed by atoms with Gasteiger partial charge >= 0.3 is 0 Å². The van der Waals surface area contributed by atoms with E-state index >= 15 is 0 Å². The Balaban J connectivity index is 1.18. The van der Waals surface area contributed by atoms with Crippen LogP contribution in [-0.2, 0) is 35.3 Å². The van der Waals surface area contributed by atoms with E-state index in [9.17, 15) is 21.6 Å². The maximum Gasteiger partial charge on any atom is 0.243 e. The van der Waals surface area contributed by atoms with Crippen molar-refractivity contribution in [1.29, 1.82) is 0 Å². The van der Waals surface area contributed by atoms with E-state index in [0.29, 0.717) is 63.5 Å². The first-order valence-corrected chi connectivity index (χ1v) is 16.3. The van der Waals surface area contributed by atoms with Crippen molar-refractivity contribution in [2.45, 2.75) is 23.5 Å². The second-order valence-corrected chi connectivity index (χ2v) is 14.0. The van der Waals surface area contributed by atoms with Crippen LogP contribution in [-0.4, -0.2) is 83.9 Å². The Bertz CT molecular complexity index is 1310. The fourth-order valence-electron chi connectivity index (χ4n) is 4.46. The van der Waals surface area contributed by atoms with Gasteiger partial charge in [0.2, 0.25) is 26.0 Å². The maximum absolute atomic E-state index is 12.8. The number of rotatable bonds is 10. The van der Waals surface area contributed by atoms with E-state index < -0.39 is 20.0 Å². The standard InChI is InChI=1S/C25H32BrN3O7S2/c26-22-3-1-2-20(18-22)19-37(31,32)28-11-8-21(9-12-28)25(30)27-10-15-36-23-4-6-24(7-5-23)38(33,34)29-13-16-35-17-14-29/h1-7,18,21H,8-17,19H2,(H,27,30). The number of morpholine rings is 1. The Kier molecular flexibility index (Phi) is 9.82. The molecule has 0 aromatic heterocycles. The molecule has 0 aliphatic carbocycles. The summed E-state index contributed by atoms with van der Waals surface area (Å²) in [7, 11) is -7.02. The predicted molar refractivity (Wildman–Crippen MR) is 146 cm³/mol. The highest BCUT2D eigenvalue weighted by Gasteiger charge is 2.31. The van der Waals surface area contributed by atoms with E-state index in [0.717, 1.165) is 4.47 Å². The summed E-state index contributed by atoms with van der Waals surface area (Å²) in [4.78, 5) is 12.8. The highest BCUT2D eigenvalue weighted by Crippen LogP contribution is 2.23. The topological polar surface area (TPSA) is 122 Å².